The van der Waals surface area contributed by atoms with Crippen molar-refractivity contribution in [1.82, 2.24) is 0 Å². The van der Waals surface area contributed by atoms with Gasteiger partial charge in [0.05, 0.1) is 20.1 Å². The number of hydrogen-bond donors (Lipinski definition) is 0. The van der Waals surface area contributed by atoms with E-state index in [1.54, 1.807) is 30.3 Å². The van der Waals surface area contributed by atoms with Crippen LogP contribution in [0.3, 0.4) is 0 Å². The lowest BCUT2D eigenvalue weighted by molar-refractivity contribution is -0.142. The van der Waals surface area contributed by atoms with Crippen LogP contribution in [0.2, 0.25) is 0 Å². The smallest absolute Gasteiger partial charge is 0.308 e. The van der Waals surface area contributed by atoms with E-state index in [9.17, 15) is 14.4 Å². The third kappa shape index (κ3) is 4.91. The summed E-state index contributed by atoms with van der Waals surface area (Å²) < 4.78 is 27.7. The summed E-state index contributed by atoms with van der Waals surface area (Å²) in [6, 6.07) is 8.73. The molecule has 0 N–H and O–H groups in total. The molecule has 3 rings (SSSR count). The minimum absolute atomic E-state index is 0.0744. The van der Waals surface area contributed by atoms with E-state index in [2.05, 4.69) is 0 Å². The minimum atomic E-state index is -0.524. The van der Waals surface area contributed by atoms with E-state index in [4.69, 9.17) is 23.7 Å². The molecule has 8 heteroatoms. The number of allylic oxidation sites excluding steroid dienone is 1. The molecule has 0 saturated carbocycles. The molecular weight excluding hydrogens is 416 g/mol. The van der Waals surface area contributed by atoms with Crippen LogP contribution in [0.15, 0.2) is 36.4 Å². The summed E-state index contributed by atoms with van der Waals surface area (Å²) in [7, 11) is 3.00. The van der Waals surface area contributed by atoms with Crippen LogP contribution in [0.1, 0.15) is 42.6 Å². The van der Waals surface area contributed by atoms with Gasteiger partial charge in [0.25, 0.3) is 0 Å². The molecule has 8 nitrogen and oxygen atoms in total. The molecule has 32 heavy (non-hydrogen) atoms. The van der Waals surface area contributed by atoms with E-state index in [1.807, 2.05) is 6.07 Å². The molecule has 0 fully saturated rings. The van der Waals surface area contributed by atoms with Crippen molar-refractivity contribution < 1.29 is 38.1 Å². The van der Waals surface area contributed by atoms with Crippen molar-refractivity contribution in [3.05, 3.63) is 53.1 Å². The van der Waals surface area contributed by atoms with Gasteiger partial charge in [-0.3, -0.25) is 14.4 Å². The fourth-order valence-corrected chi connectivity index (χ4v) is 3.60. The Morgan fingerprint density at radius 2 is 1.75 bits per heavy atom. The van der Waals surface area contributed by atoms with Crippen molar-refractivity contribution in [2.24, 2.45) is 0 Å². The zero-order valence-corrected chi connectivity index (χ0v) is 18.2. The van der Waals surface area contributed by atoms with E-state index >= 15 is 0 Å². The van der Waals surface area contributed by atoms with Crippen LogP contribution < -0.4 is 18.9 Å². The molecular formula is C24H24O8. The summed E-state index contributed by atoms with van der Waals surface area (Å²) in [5, 5.41) is 0. The Balaban J connectivity index is 2.06. The summed E-state index contributed by atoms with van der Waals surface area (Å²) in [4.78, 5) is 33.6. The predicted octanol–water partition coefficient (Wildman–Crippen LogP) is 3.62. The molecule has 0 unspecified atom stereocenters. The summed E-state index contributed by atoms with van der Waals surface area (Å²) >= 11 is 0. The van der Waals surface area contributed by atoms with Crippen molar-refractivity contribution in [2.45, 2.75) is 25.9 Å². The van der Waals surface area contributed by atoms with Crippen LogP contribution in [0.5, 0.6) is 23.0 Å². The molecule has 0 saturated heterocycles. The van der Waals surface area contributed by atoms with Gasteiger partial charge >= 0.3 is 11.9 Å². The van der Waals surface area contributed by atoms with Crippen LogP contribution in [0.4, 0.5) is 0 Å². The average molecular weight is 440 g/mol. The lowest BCUT2D eigenvalue weighted by Gasteiger charge is -2.20. The van der Waals surface area contributed by atoms with Crippen molar-refractivity contribution in [3.8, 4) is 23.0 Å². The van der Waals surface area contributed by atoms with Crippen LogP contribution in [0, 0.1) is 0 Å². The van der Waals surface area contributed by atoms with Crippen LogP contribution in [0.25, 0.3) is 6.08 Å². The first kappa shape index (κ1) is 22.9. The van der Waals surface area contributed by atoms with Gasteiger partial charge in [0.15, 0.2) is 23.0 Å². The molecule has 0 radical (unpaired) electrons. The number of ether oxygens (including phenoxy) is 5. The number of aldehydes is 1. The minimum Gasteiger partial charge on any atom is -0.493 e. The molecule has 1 aliphatic heterocycles. The first-order valence-electron chi connectivity index (χ1n) is 9.88. The van der Waals surface area contributed by atoms with Gasteiger partial charge in [-0.15, -0.1) is 0 Å². The Kier molecular flexibility index (Phi) is 7.14. The number of fused-ring (bicyclic) bond motifs is 1. The van der Waals surface area contributed by atoms with Crippen molar-refractivity contribution in [3.63, 3.8) is 0 Å². The summed E-state index contributed by atoms with van der Waals surface area (Å²) in [6.07, 6.45) is 3.20. The molecule has 0 aliphatic carbocycles. The van der Waals surface area contributed by atoms with Crippen molar-refractivity contribution in [2.75, 3.05) is 20.8 Å². The second kappa shape index (κ2) is 10.00. The Bertz CT molecular complexity index is 1060. The summed E-state index contributed by atoms with van der Waals surface area (Å²) in [5.74, 6) is 0.446. The van der Waals surface area contributed by atoms with Gasteiger partial charge < -0.3 is 23.7 Å². The summed E-state index contributed by atoms with van der Waals surface area (Å²) in [6.45, 7) is 2.72. The zero-order chi connectivity index (χ0) is 23.3. The van der Waals surface area contributed by atoms with Crippen LogP contribution in [-0.4, -0.2) is 39.1 Å². The maximum absolute atomic E-state index is 11.5. The predicted molar refractivity (Wildman–Crippen MR) is 115 cm³/mol. The van der Waals surface area contributed by atoms with Crippen molar-refractivity contribution >= 4 is 24.3 Å². The highest BCUT2D eigenvalue weighted by Gasteiger charge is 2.39. The number of carbonyl (C=O) groups is 3. The lowest BCUT2D eigenvalue weighted by Crippen LogP contribution is -2.17. The standard InChI is InChI=1S/C24H24O8/c1-14(26)30-13-19-18-10-16(6-5-9-25)11-22(29-4)24(18)32-23(19)17-7-8-20(31-15(2)27)21(12-17)28-3/h5-12,19,23H,13H2,1-4H3/b6-5+/t19-,23-/m0/s1. The number of rotatable bonds is 8. The quantitative estimate of drug-likeness (QED) is 0.266. The van der Waals surface area contributed by atoms with E-state index < -0.39 is 18.0 Å². The molecule has 0 bridgehead atoms. The topological polar surface area (TPSA) is 97.4 Å². The third-order valence-corrected chi connectivity index (χ3v) is 4.94. The van der Waals surface area contributed by atoms with Gasteiger partial charge in [-0.1, -0.05) is 12.1 Å². The first-order valence-corrected chi connectivity index (χ1v) is 9.88. The lowest BCUT2D eigenvalue weighted by atomic mass is 9.90. The Morgan fingerprint density at radius 1 is 1.00 bits per heavy atom. The maximum atomic E-state index is 11.5. The van der Waals surface area contributed by atoms with E-state index in [0.717, 1.165) is 16.7 Å². The van der Waals surface area contributed by atoms with Crippen LogP contribution in [-0.2, 0) is 19.1 Å². The number of esters is 2. The van der Waals surface area contributed by atoms with Gasteiger partial charge in [0, 0.05) is 19.4 Å². The largest absolute Gasteiger partial charge is 0.493 e. The molecule has 2 atom stereocenters. The van der Waals surface area contributed by atoms with Crippen molar-refractivity contribution in [1.29, 1.82) is 0 Å². The van der Waals surface area contributed by atoms with E-state index in [-0.39, 0.29) is 18.3 Å². The van der Waals surface area contributed by atoms with Gasteiger partial charge in [-0.2, -0.15) is 0 Å². The van der Waals surface area contributed by atoms with Crippen LogP contribution >= 0.6 is 0 Å². The van der Waals surface area contributed by atoms with Gasteiger partial charge in [-0.25, -0.2) is 0 Å². The molecule has 168 valence electrons. The number of benzene rings is 2. The SMILES string of the molecule is COc1cc([C@@H]2Oc3c(OC)cc(/C=C/C=O)cc3[C@@H]2COC(C)=O)ccc1OC(C)=O. The van der Waals surface area contributed by atoms with Gasteiger partial charge in [0.2, 0.25) is 0 Å². The summed E-state index contributed by atoms with van der Waals surface area (Å²) in [5.41, 5.74) is 2.26. The monoisotopic (exact) mass is 440 g/mol. The highest BCUT2D eigenvalue weighted by molar-refractivity contribution is 5.75. The molecule has 0 amide bonds. The molecule has 1 heterocycles. The average Bonchev–Trinajstić information content (AvgIpc) is 3.13. The highest BCUT2D eigenvalue weighted by Crippen LogP contribution is 2.51. The molecule has 0 spiro atoms. The normalized spacial score (nSPS) is 16.8. The van der Waals surface area contributed by atoms with E-state index in [0.29, 0.717) is 23.5 Å². The fourth-order valence-electron chi connectivity index (χ4n) is 3.60. The fraction of sp³-hybridized carbons (Fsp3) is 0.292. The number of methoxy groups -OCH3 is 2. The third-order valence-electron chi connectivity index (χ3n) is 4.94. The molecule has 1 aliphatic rings. The molecule has 0 aromatic heterocycles. The molecule has 2 aromatic rings. The Hall–Kier alpha value is -3.81. The highest BCUT2D eigenvalue weighted by atomic mass is 16.6. The van der Waals surface area contributed by atoms with Gasteiger partial charge in [-0.05, 0) is 41.5 Å². The Morgan fingerprint density at radius 3 is 2.38 bits per heavy atom. The van der Waals surface area contributed by atoms with E-state index in [1.165, 1.54) is 34.1 Å². The molecule has 2 aromatic carbocycles. The number of carbonyl (C=O) groups excluding carboxylic acids is 3. The maximum Gasteiger partial charge on any atom is 0.308 e. The Labute approximate surface area is 185 Å². The van der Waals surface area contributed by atoms with Gasteiger partial charge in [0.1, 0.15) is 19.0 Å². The zero-order valence-electron chi connectivity index (χ0n) is 18.2. The second-order valence-electron chi connectivity index (χ2n) is 7.09. The first-order chi connectivity index (χ1) is 15.4. The number of hydrogen-bond acceptors (Lipinski definition) is 8. The second-order valence-corrected chi connectivity index (χ2v) is 7.09.